The minimum Gasteiger partial charge on any atom is -0.346 e. The van der Waals surface area contributed by atoms with E-state index in [1.807, 2.05) is 32.0 Å². The highest BCUT2D eigenvalue weighted by Gasteiger charge is 2.17. The van der Waals surface area contributed by atoms with Gasteiger partial charge in [-0.3, -0.25) is 9.59 Å². The van der Waals surface area contributed by atoms with Gasteiger partial charge in [0.05, 0.1) is 19.1 Å². The van der Waals surface area contributed by atoms with Crippen LogP contribution in [0.1, 0.15) is 19.4 Å². The SMILES string of the molecule is CC(C)[C@H](N)C(=O)NCC(=O)Nc1ccccc1Cn1cncn1.Cl.Cl. The molecule has 2 aromatic rings. The van der Waals surface area contributed by atoms with Gasteiger partial charge in [0.2, 0.25) is 11.8 Å². The van der Waals surface area contributed by atoms with Crippen molar-refractivity contribution in [3.05, 3.63) is 42.5 Å². The lowest BCUT2D eigenvalue weighted by Crippen LogP contribution is -2.46. The Morgan fingerprint density at radius 3 is 2.54 bits per heavy atom. The van der Waals surface area contributed by atoms with E-state index in [0.29, 0.717) is 12.2 Å². The molecule has 0 bridgehead atoms. The average molecular weight is 403 g/mol. The number of halogens is 2. The highest BCUT2D eigenvalue weighted by molar-refractivity contribution is 5.95. The van der Waals surface area contributed by atoms with Gasteiger partial charge in [-0.25, -0.2) is 9.67 Å². The van der Waals surface area contributed by atoms with E-state index in [9.17, 15) is 9.59 Å². The van der Waals surface area contributed by atoms with Gasteiger partial charge in [0.1, 0.15) is 12.7 Å². The highest BCUT2D eigenvalue weighted by atomic mass is 35.5. The summed E-state index contributed by atoms with van der Waals surface area (Å²) >= 11 is 0. The number of hydrogen-bond acceptors (Lipinski definition) is 5. The normalized spacial score (nSPS) is 11.1. The van der Waals surface area contributed by atoms with Crippen LogP contribution in [-0.2, 0) is 16.1 Å². The van der Waals surface area contributed by atoms with Crippen molar-refractivity contribution in [2.45, 2.75) is 26.4 Å². The van der Waals surface area contributed by atoms with Crippen LogP contribution in [0.15, 0.2) is 36.9 Å². The molecule has 8 nitrogen and oxygen atoms in total. The van der Waals surface area contributed by atoms with Crippen molar-refractivity contribution in [1.82, 2.24) is 20.1 Å². The zero-order chi connectivity index (χ0) is 17.5. The summed E-state index contributed by atoms with van der Waals surface area (Å²) in [5.41, 5.74) is 7.30. The van der Waals surface area contributed by atoms with Crippen LogP contribution >= 0.6 is 24.8 Å². The molecule has 1 heterocycles. The molecule has 0 saturated carbocycles. The zero-order valence-corrected chi connectivity index (χ0v) is 16.2. The largest absolute Gasteiger partial charge is 0.346 e. The third-order valence-corrected chi connectivity index (χ3v) is 3.53. The van der Waals surface area contributed by atoms with Crippen molar-refractivity contribution >= 4 is 42.3 Å². The lowest BCUT2D eigenvalue weighted by molar-refractivity contribution is -0.125. The Morgan fingerprint density at radius 2 is 1.92 bits per heavy atom. The van der Waals surface area contributed by atoms with Crippen LogP contribution in [0.25, 0.3) is 0 Å². The van der Waals surface area contributed by atoms with Crippen molar-refractivity contribution in [1.29, 1.82) is 0 Å². The molecule has 2 amide bonds. The van der Waals surface area contributed by atoms with Gasteiger partial charge in [0.15, 0.2) is 0 Å². The lowest BCUT2D eigenvalue weighted by Gasteiger charge is -2.15. The molecule has 0 radical (unpaired) electrons. The Morgan fingerprint density at radius 1 is 1.23 bits per heavy atom. The van der Waals surface area contributed by atoms with E-state index in [1.165, 1.54) is 6.33 Å². The first kappa shape index (κ1) is 23.8. The third-order valence-electron chi connectivity index (χ3n) is 3.53. The minimum atomic E-state index is -0.627. The number of carbonyl (C=O) groups is 2. The van der Waals surface area contributed by atoms with E-state index in [1.54, 1.807) is 17.1 Å². The van der Waals surface area contributed by atoms with E-state index in [-0.39, 0.29) is 49.1 Å². The summed E-state index contributed by atoms with van der Waals surface area (Å²) in [5, 5.41) is 9.38. The van der Waals surface area contributed by atoms with Crippen LogP contribution in [0.4, 0.5) is 5.69 Å². The molecular weight excluding hydrogens is 379 g/mol. The molecule has 1 aromatic heterocycles. The Kier molecular flexibility index (Phi) is 10.5. The summed E-state index contributed by atoms with van der Waals surface area (Å²) in [7, 11) is 0. The Labute approximate surface area is 164 Å². The van der Waals surface area contributed by atoms with Crippen LogP contribution < -0.4 is 16.4 Å². The van der Waals surface area contributed by atoms with E-state index in [0.717, 1.165) is 5.56 Å². The molecule has 10 heteroatoms. The molecule has 26 heavy (non-hydrogen) atoms. The van der Waals surface area contributed by atoms with Gasteiger partial charge in [-0.2, -0.15) is 5.10 Å². The number of nitrogens with zero attached hydrogens (tertiary/aromatic N) is 3. The minimum absolute atomic E-state index is 0. The van der Waals surface area contributed by atoms with Gasteiger partial charge in [0, 0.05) is 5.69 Å². The van der Waals surface area contributed by atoms with Crippen LogP contribution in [-0.4, -0.2) is 39.2 Å². The van der Waals surface area contributed by atoms with Crippen LogP contribution in [0.5, 0.6) is 0 Å². The quantitative estimate of drug-likeness (QED) is 0.643. The first-order valence-electron chi connectivity index (χ1n) is 7.71. The number of anilines is 1. The Balaban J connectivity index is 0.00000312. The molecule has 1 atom stereocenters. The molecule has 0 aliphatic carbocycles. The van der Waals surface area contributed by atoms with Crippen molar-refractivity contribution in [2.75, 3.05) is 11.9 Å². The Hall–Kier alpha value is -2.16. The molecule has 2 rings (SSSR count). The second-order valence-electron chi connectivity index (χ2n) is 5.79. The first-order valence-corrected chi connectivity index (χ1v) is 7.71. The summed E-state index contributed by atoms with van der Waals surface area (Å²) in [4.78, 5) is 27.7. The Bertz CT molecular complexity index is 694. The molecular formula is C16H24Cl2N6O2. The zero-order valence-electron chi connectivity index (χ0n) is 14.6. The fourth-order valence-corrected chi connectivity index (χ4v) is 2.05. The fourth-order valence-electron chi connectivity index (χ4n) is 2.05. The third kappa shape index (κ3) is 6.99. The predicted molar refractivity (Wildman–Crippen MR) is 105 cm³/mol. The molecule has 4 N–H and O–H groups in total. The summed E-state index contributed by atoms with van der Waals surface area (Å²) < 4.78 is 1.66. The van der Waals surface area contributed by atoms with Gasteiger partial charge in [-0.15, -0.1) is 24.8 Å². The second kappa shape index (κ2) is 11.5. The number of amides is 2. The first-order chi connectivity index (χ1) is 11.5. The van der Waals surface area contributed by atoms with E-state index in [4.69, 9.17) is 5.73 Å². The molecule has 0 spiro atoms. The number of nitrogens with two attached hydrogens (primary N) is 1. The van der Waals surface area contributed by atoms with Gasteiger partial charge in [-0.05, 0) is 17.5 Å². The van der Waals surface area contributed by atoms with Gasteiger partial charge in [0.25, 0.3) is 0 Å². The number of rotatable bonds is 7. The van der Waals surface area contributed by atoms with Crippen molar-refractivity contribution in [2.24, 2.45) is 11.7 Å². The smallest absolute Gasteiger partial charge is 0.243 e. The van der Waals surface area contributed by atoms with Gasteiger partial charge < -0.3 is 16.4 Å². The van der Waals surface area contributed by atoms with E-state index in [2.05, 4.69) is 20.7 Å². The van der Waals surface area contributed by atoms with Crippen LogP contribution in [0, 0.1) is 5.92 Å². The summed E-state index contributed by atoms with van der Waals surface area (Å²) in [6.45, 7) is 4.06. The van der Waals surface area contributed by atoms with E-state index >= 15 is 0 Å². The lowest BCUT2D eigenvalue weighted by atomic mass is 10.1. The predicted octanol–water partition coefficient (Wildman–Crippen LogP) is 1.21. The number of nitrogens with one attached hydrogen (secondary N) is 2. The summed E-state index contributed by atoms with van der Waals surface area (Å²) in [6.07, 6.45) is 3.06. The molecule has 0 fully saturated rings. The maximum Gasteiger partial charge on any atom is 0.243 e. The number of aromatic nitrogens is 3. The topological polar surface area (TPSA) is 115 Å². The van der Waals surface area contributed by atoms with Crippen molar-refractivity contribution < 1.29 is 9.59 Å². The second-order valence-corrected chi connectivity index (χ2v) is 5.79. The number of para-hydroxylation sites is 1. The van der Waals surface area contributed by atoms with Crippen LogP contribution in [0.2, 0.25) is 0 Å². The molecule has 1 aromatic carbocycles. The average Bonchev–Trinajstić information content (AvgIpc) is 3.06. The van der Waals surface area contributed by atoms with Crippen molar-refractivity contribution in [3.63, 3.8) is 0 Å². The van der Waals surface area contributed by atoms with Crippen LogP contribution in [0.3, 0.4) is 0 Å². The number of benzene rings is 1. The molecule has 144 valence electrons. The maximum atomic E-state index is 12.1. The molecule has 0 saturated heterocycles. The molecule has 0 aliphatic heterocycles. The fraction of sp³-hybridized carbons (Fsp3) is 0.375. The number of carbonyl (C=O) groups excluding carboxylic acids is 2. The summed E-state index contributed by atoms with van der Waals surface area (Å²) in [6, 6.07) is 6.77. The standard InChI is InChI=1S/C16H22N6O2.2ClH/c1-11(2)15(17)16(24)19-7-14(23)21-13-6-4-3-5-12(13)8-22-10-18-9-20-22;;/h3-6,9-11,15H,7-8,17H2,1-2H3,(H,19,24)(H,21,23);2*1H/t15-;;/m0../s1. The van der Waals surface area contributed by atoms with Gasteiger partial charge >= 0.3 is 0 Å². The highest BCUT2D eigenvalue weighted by Crippen LogP contribution is 2.15. The monoisotopic (exact) mass is 402 g/mol. The van der Waals surface area contributed by atoms with Crippen molar-refractivity contribution in [3.8, 4) is 0 Å². The van der Waals surface area contributed by atoms with Gasteiger partial charge in [-0.1, -0.05) is 32.0 Å². The summed E-state index contributed by atoms with van der Waals surface area (Å²) in [5.74, 6) is -0.641. The number of hydrogen-bond donors (Lipinski definition) is 3. The maximum absolute atomic E-state index is 12.1. The molecule has 0 aliphatic rings. The van der Waals surface area contributed by atoms with E-state index < -0.39 is 6.04 Å². The molecule has 0 unspecified atom stereocenters.